The molecule has 1 heterocycles. The molecule has 1 aliphatic rings. The molecule has 1 unspecified atom stereocenters. The summed E-state index contributed by atoms with van der Waals surface area (Å²) >= 11 is 0. The molecule has 1 aromatic carbocycles. The van der Waals surface area contributed by atoms with Gasteiger partial charge in [-0.15, -0.1) is 0 Å². The highest BCUT2D eigenvalue weighted by molar-refractivity contribution is 5.78. The van der Waals surface area contributed by atoms with Gasteiger partial charge in [0.05, 0.1) is 12.0 Å². The van der Waals surface area contributed by atoms with Crippen molar-refractivity contribution in [2.45, 2.75) is 26.2 Å². The van der Waals surface area contributed by atoms with Crippen molar-refractivity contribution < 1.29 is 9.53 Å². The van der Waals surface area contributed by atoms with E-state index in [0.717, 1.165) is 19.3 Å². The van der Waals surface area contributed by atoms with Crippen molar-refractivity contribution >= 4 is 5.97 Å². The second-order valence-corrected chi connectivity index (χ2v) is 4.43. The summed E-state index contributed by atoms with van der Waals surface area (Å²) in [5.41, 5.74) is 1.04. The van der Waals surface area contributed by atoms with Gasteiger partial charge < -0.3 is 4.74 Å². The topological polar surface area (TPSA) is 26.3 Å². The first kappa shape index (κ1) is 10.2. The van der Waals surface area contributed by atoms with E-state index in [1.807, 2.05) is 25.1 Å². The van der Waals surface area contributed by atoms with Crippen molar-refractivity contribution in [1.82, 2.24) is 0 Å². The second kappa shape index (κ2) is 4.05. The number of aryl methyl sites for hydroxylation is 1. The Balaban J connectivity index is 1.96. The van der Waals surface area contributed by atoms with Gasteiger partial charge in [-0.1, -0.05) is 30.3 Å². The number of esters is 1. The van der Waals surface area contributed by atoms with E-state index in [1.165, 1.54) is 5.56 Å². The molecule has 0 bridgehead atoms. The second-order valence-electron chi connectivity index (χ2n) is 4.43. The van der Waals surface area contributed by atoms with E-state index in [-0.39, 0.29) is 11.4 Å². The first-order chi connectivity index (χ1) is 7.21. The number of hydrogen-bond donors (Lipinski definition) is 0. The van der Waals surface area contributed by atoms with Crippen molar-refractivity contribution in [3.8, 4) is 0 Å². The molecular formula is C13H16O2. The number of hydrogen-bond acceptors (Lipinski definition) is 2. The minimum Gasteiger partial charge on any atom is -0.465 e. The van der Waals surface area contributed by atoms with Crippen molar-refractivity contribution in [3.63, 3.8) is 0 Å². The first-order valence-corrected chi connectivity index (χ1v) is 5.42. The molecule has 2 heteroatoms. The standard InChI is InChI=1S/C13H16O2/c1-13(9-10-15-12(13)14)8-7-11-5-3-2-4-6-11/h2-6H,7-10H2,1H3. The minimum absolute atomic E-state index is 0.0292. The Bertz CT molecular complexity index is 345. The summed E-state index contributed by atoms with van der Waals surface area (Å²) < 4.78 is 5.02. The van der Waals surface area contributed by atoms with Gasteiger partial charge >= 0.3 is 5.97 Å². The maximum atomic E-state index is 11.5. The lowest BCUT2D eigenvalue weighted by Gasteiger charge is -2.18. The van der Waals surface area contributed by atoms with E-state index in [4.69, 9.17) is 4.74 Å². The normalized spacial score (nSPS) is 25.3. The summed E-state index contributed by atoms with van der Waals surface area (Å²) in [6, 6.07) is 10.3. The SMILES string of the molecule is CC1(CCc2ccccc2)CCOC1=O. The van der Waals surface area contributed by atoms with Crippen LogP contribution in [-0.2, 0) is 16.0 Å². The van der Waals surface area contributed by atoms with Crippen LogP contribution in [0.4, 0.5) is 0 Å². The Morgan fingerprint density at radius 3 is 2.67 bits per heavy atom. The van der Waals surface area contributed by atoms with Gasteiger partial charge in [-0.05, 0) is 31.7 Å². The van der Waals surface area contributed by atoms with Gasteiger partial charge in [0.15, 0.2) is 0 Å². The minimum atomic E-state index is -0.254. The fraction of sp³-hybridized carbons (Fsp3) is 0.462. The van der Waals surface area contributed by atoms with Crippen LogP contribution in [0.15, 0.2) is 30.3 Å². The Hall–Kier alpha value is -1.31. The van der Waals surface area contributed by atoms with Gasteiger partial charge in [-0.2, -0.15) is 0 Å². The highest BCUT2D eigenvalue weighted by Gasteiger charge is 2.39. The largest absolute Gasteiger partial charge is 0.465 e. The Morgan fingerprint density at radius 2 is 2.07 bits per heavy atom. The molecule has 1 aromatic rings. The lowest BCUT2D eigenvalue weighted by Crippen LogP contribution is -2.22. The van der Waals surface area contributed by atoms with E-state index >= 15 is 0 Å². The zero-order valence-electron chi connectivity index (χ0n) is 9.03. The summed E-state index contributed by atoms with van der Waals surface area (Å²) in [6.45, 7) is 2.59. The predicted octanol–water partition coefficient (Wildman–Crippen LogP) is 2.57. The summed E-state index contributed by atoms with van der Waals surface area (Å²) in [6.07, 6.45) is 2.70. The van der Waals surface area contributed by atoms with Crippen LogP contribution in [0.25, 0.3) is 0 Å². The highest BCUT2D eigenvalue weighted by atomic mass is 16.5. The highest BCUT2D eigenvalue weighted by Crippen LogP contribution is 2.34. The summed E-state index contributed by atoms with van der Waals surface area (Å²) in [5, 5.41) is 0. The molecule has 15 heavy (non-hydrogen) atoms. The smallest absolute Gasteiger partial charge is 0.311 e. The van der Waals surface area contributed by atoms with Crippen molar-refractivity contribution in [3.05, 3.63) is 35.9 Å². The maximum Gasteiger partial charge on any atom is 0.311 e. The monoisotopic (exact) mass is 204 g/mol. The molecule has 2 rings (SSSR count). The summed E-state index contributed by atoms with van der Waals surface area (Å²) in [4.78, 5) is 11.5. The molecular weight excluding hydrogens is 188 g/mol. The molecule has 0 saturated carbocycles. The Kier molecular flexibility index (Phi) is 2.76. The molecule has 0 aromatic heterocycles. The molecule has 2 nitrogen and oxygen atoms in total. The number of carbonyl (C=O) groups is 1. The summed E-state index contributed by atoms with van der Waals surface area (Å²) in [5.74, 6) is -0.0292. The third-order valence-electron chi connectivity index (χ3n) is 3.19. The van der Waals surface area contributed by atoms with Gasteiger partial charge in [-0.3, -0.25) is 4.79 Å². The third kappa shape index (κ3) is 2.20. The van der Waals surface area contributed by atoms with Gasteiger partial charge in [-0.25, -0.2) is 0 Å². The van der Waals surface area contributed by atoms with Crippen LogP contribution in [0.1, 0.15) is 25.3 Å². The quantitative estimate of drug-likeness (QED) is 0.707. The average Bonchev–Trinajstić information content (AvgIpc) is 2.59. The molecule has 0 spiro atoms. The fourth-order valence-electron chi connectivity index (χ4n) is 1.94. The van der Waals surface area contributed by atoms with Crippen LogP contribution in [0.5, 0.6) is 0 Å². The number of carbonyl (C=O) groups excluding carboxylic acids is 1. The Labute approximate surface area is 90.3 Å². The maximum absolute atomic E-state index is 11.5. The number of benzene rings is 1. The molecule has 80 valence electrons. The zero-order valence-corrected chi connectivity index (χ0v) is 9.03. The van der Waals surface area contributed by atoms with Crippen LogP contribution in [0, 0.1) is 5.41 Å². The Morgan fingerprint density at radius 1 is 1.33 bits per heavy atom. The predicted molar refractivity (Wildman–Crippen MR) is 58.4 cm³/mol. The van der Waals surface area contributed by atoms with Crippen molar-refractivity contribution in [2.24, 2.45) is 5.41 Å². The molecule has 1 atom stereocenters. The molecule has 0 radical (unpaired) electrons. The summed E-state index contributed by atoms with van der Waals surface area (Å²) in [7, 11) is 0. The van der Waals surface area contributed by atoms with Crippen LogP contribution in [0.2, 0.25) is 0 Å². The zero-order chi connectivity index (χ0) is 10.7. The number of rotatable bonds is 3. The van der Waals surface area contributed by atoms with Crippen LogP contribution in [0.3, 0.4) is 0 Å². The van der Waals surface area contributed by atoms with Crippen molar-refractivity contribution in [2.75, 3.05) is 6.61 Å². The first-order valence-electron chi connectivity index (χ1n) is 5.42. The van der Waals surface area contributed by atoms with E-state index in [1.54, 1.807) is 0 Å². The van der Waals surface area contributed by atoms with Crippen LogP contribution in [-0.4, -0.2) is 12.6 Å². The molecule has 1 saturated heterocycles. The van der Waals surface area contributed by atoms with Gasteiger partial charge in [0, 0.05) is 0 Å². The van der Waals surface area contributed by atoms with E-state index < -0.39 is 0 Å². The lowest BCUT2D eigenvalue weighted by atomic mass is 9.83. The molecule has 1 fully saturated rings. The van der Waals surface area contributed by atoms with E-state index in [2.05, 4.69) is 12.1 Å². The number of ether oxygens (including phenoxy) is 1. The lowest BCUT2D eigenvalue weighted by molar-refractivity contribution is -0.145. The van der Waals surface area contributed by atoms with Gasteiger partial charge in [0.2, 0.25) is 0 Å². The van der Waals surface area contributed by atoms with Crippen LogP contribution >= 0.6 is 0 Å². The number of cyclic esters (lactones) is 1. The average molecular weight is 204 g/mol. The van der Waals surface area contributed by atoms with E-state index in [9.17, 15) is 4.79 Å². The molecule has 1 aliphatic heterocycles. The van der Waals surface area contributed by atoms with Gasteiger partial charge in [0.25, 0.3) is 0 Å². The van der Waals surface area contributed by atoms with Gasteiger partial charge in [0.1, 0.15) is 0 Å². The van der Waals surface area contributed by atoms with E-state index in [0.29, 0.717) is 6.61 Å². The molecule has 0 aliphatic carbocycles. The van der Waals surface area contributed by atoms with Crippen LogP contribution < -0.4 is 0 Å². The molecule has 0 N–H and O–H groups in total. The molecule has 0 amide bonds. The third-order valence-corrected chi connectivity index (χ3v) is 3.19. The van der Waals surface area contributed by atoms with Crippen molar-refractivity contribution in [1.29, 1.82) is 0 Å². The fourth-order valence-corrected chi connectivity index (χ4v) is 1.94.